The van der Waals surface area contributed by atoms with Gasteiger partial charge in [0, 0.05) is 19.0 Å². The molecule has 0 radical (unpaired) electrons. The van der Waals surface area contributed by atoms with E-state index in [4.69, 9.17) is 0 Å². The zero-order valence-electron chi connectivity index (χ0n) is 12.7. The molecule has 0 bridgehead atoms. The fourth-order valence-electron chi connectivity index (χ4n) is 2.68. The summed E-state index contributed by atoms with van der Waals surface area (Å²) in [6.07, 6.45) is -0.353. The van der Waals surface area contributed by atoms with Gasteiger partial charge in [0.15, 0.2) is 0 Å². The Labute approximate surface area is 126 Å². The van der Waals surface area contributed by atoms with Crippen LogP contribution in [-0.4, -0.2) is 47.7 Å². The molecule has 0 spiro atoms. The van der Waals surface area contributed by atoms with Crippen LogP contribution in [0.25, 0.3) is 0 Å². The molecular weight excluding hydrogens is 290 g/mol. The first-order valence-electron chi connectivity index (χ1n) is 7.09. The van der Waals surface area contributed by atoms with Crippen LogP contribution in [0.2, 0.25) is 0 Å². The smallest absolute Gasteiger partial charge is 0.243 e. The van der Waals surface area contributed by atoms with Crippen molar-refractivity contribution in [3.05, 3.63) is 29.8 Å². The topological polar surface area (TPSA) is 77.8 Å². The van der Waals surface area contributed by atoms with Crippen LogP contribution in [0, 0.1) is 12.8 Å². The molecule has 1 saturated heterocycles. The van der Waals surface area contributed by atoms with Crippen LogP contribution in [0.1, 0.15) is 25.8 Å². The third-order valence-corrected chi connectivity index (χ3v) is 5.98. The summed E-state index contributed by atoms with van der Waals surface area (Å²) < 4.78 is 26.6. The van der Waals surface area contributed by atoms with E-state index in [0.717, 1.165) is 5.56 Å². The number of benzene rings is 1. The summed E-state index contributed by atoms with van der Waals surface area (Å²) in [7, 11) is -3.58. The second kappa shape index (κ2) is 5.68. The van der Waals surface area contributed by atoms with Gasteiger partial charge in [0.25, 0.3) is 0 Å². The molecule has 0 saturated carbocycles. The fraction of sp³-hybridized carbons (Fsp3) is 0.600. The Morgan fingerprint density at radius 3 is 2.33 bits per heavy atom. The Balaban J connectivity index is 2.27. The summed E-state index contributed by atoms with van der Waals surface area (Å²) in [5, 5.41) is 20.1. The molecule has 1 aromatic rings. The highest BCUT2D eigenvalue weighted by molar-refractivity contribution is 7.89. The van der Waals surface area contributed by atoms with Crippen molar-refractivity contribution in [2.24, 2.45) is 5.92 Å². The van der Waals surface area contributed by atoms with Crippen molar-refractivity contribution in [3.63, 3.8) is 0 Å². The van der Waals surface area contributed by atoms with E-state index in [1.54, 1.807) is 38.1 Å². The molecule has 0 aromatic heterocycles. The molecule has 1 heterocycles. The van der Waals surface area contributed by atoms with Gasteiger partial charge < -0.3 is 10.2 Å². The summed E-state index contributed by atoms with van der Waals surface area (Å²) in [4.78, 5) is 0.249. The van der Waals surface area contributed by atoms with Crippen LogP contribution < -0.4 is 0 Å². The SMILES string of the molecule is Cc1ccc(S(=O)(=O)N2CC[C@H](O)[C@H](C(C)(C)O)C2)cc1. The van der Waals surface area contributed by atoms with Gasteiger partial charge in [-0.2, -0.15) is 4.31 Å². The van der Waals surface area contributed by atoms with Crippen molar-refractivity contribution < 1.29 is 18.6 Å². The second-order valence-electron chi connectivity index (χ2n) is 6.29. The first kappa shape index (κ1) is 16.4. The van der Waals surface area contributed by atoms with Crippen molar-refractivity contribution in [1.82, 2.24) is 4.31 Å². The van der Waals surface area contributed by atoms with Gasteiger partial charge in [-0.15, -0.1) is 0 Å². The highest BCUT2D eigenvalue weighted by Crippen LogP contribution is 2.30. The molecule has 1 aliphatic heterocycles. The first-order chi connectivity index (χ1) is 9.62. The van der Waals surface area contributed by atoms with E-state index in [1.807, 2.05) is 6.92 Å². The normalized spacial score (nSPS) is 25.0. The van der Waals surface area contributed by atoms with Crippen LogP contribution in [-0.2, 0) is 10.0 Å². The number of hydrogen-bond donors (Lipinski definition) is 2. The van der Waals surface area contributed by atoms with E-state index in [9.17, 15) is 18.6 Å². The molecule has 1 aromatic carbocycles. The Morgan fingerprint density at radius 1 is 1.24 bits per heavy atom. The lowest BCUT2D eigenvalue weighted by atomic mass is 9.83. The molecule has 118 valence electrons. The van der Waals surface area contributed by atoms with Gasteiger partial charge in [0.05, 0.1) is 16.6 Å². The Kier molecular flexibility index (Phi) is 4.44. The zero-order chi connectivity index (χ0) is 15.8. The number of piperidine rings is 1. The molecule has 1 fully saturated rings. The van der Waals surface area contributed by atoms with E-state index in [1.165, 1.54) is 4.31 Å². The molecular formula is C15H23NO4S. The largest absolute Gasteiger partial charge is 0.393 e. The number of nitrogens with zero attached hydrogens (tertiary/aromatic N) is 1. The van der Waals surface area contributed by atoms with Gasteiger partial charge in [0.1, 0.15) is 0 Å². The molecule has 0 amide bonds. The summed E-state index contributed by atoms with van der Waals surface area (Å²) in [6, 6.07) is 6.71. The average molecular weight is 313 g/mol. The van der Waals surface area contributed by atoms with Gasteiger partial charge in [-0.1, -0.05) is 17.7 Å². The van der Waals surface area contributed by atoms with Crippen LogP contribution in [0.4, 0.5) is 0 Å². The maximum Gasteiger partial charge on any atom is 0.243 e. The van der Waals surface area contributed by atoms with Gasteiger partial charge in [-0.05, 0) is 39.3 Å². The summed E-state index contributed by atoms with van der Waals surface area (Å²) >= 11 is 0. The Bertz CT molecular complexity index is 589. The molecule has 1 aliphatic rings. The lowest BCUT2D eigenvalue weighted by molar-refractivity contribution is -0.0704. The van der Waals surface area contributed by atoms with Gasteiger partial charge in [0.2, 0.25) is 10.0 Å². The highest BCUT2D eigenvalue weighted by atomic mass is 32.2. The minimum atomic E-state index is -3.58. The molecule has 2 atom stereocenters. The van der Waals surface area contributed by atoms with Crippen molar-refractivity contribution in [3.8, 4) is 0 Å². The predicted molar refractivity (Wildman–Crippen MR) is 80.3 cm³/mol. The minimum Gasteiger partial charge on any atom is -0.393 e. The standard InChI is InChI=1S/C15H23NO4S/c1-11-4-6-12(7-5-11)21(19,20)16-9-8-14(17)13(10-16)15(2,3)18/h4-7,13-14,17-18H,8-10H2,1-3H3/t13-,14+/m1/s1. The van der Waals surface area contributed by atoms with E-state index in [2.05, 4.69) is 0 Å². The van der Waals surface area contributed by atoms with Crippen molar-refractivity contribution in [2.75, 3.05) is 13.1 Å². The van der Waals surface area contributed by atoms with Crippen molar-refractivity contribution in [2.45, 2.75) is 43.8 Å². The van der Waals surface area contributed by atoms with E-state index in [0.29, 0.717) is 6.42 Å². The molecule has 5 nitrogen and oxygen atoms in total. The summed E-state index contributed by atoms with van der Waals surface area (Å²) in [5.74, 6) is -0.494. The maximum atomic E-state index is 12.6. The Hall–Kier alpha value is -0.950. The van der Waals surface area contributed by atoms with Crippen LogP contribution in [0.3, 0.4) is 0 Å². The highest BCUT2D eigenvalue weighted by Gasteiger charge is 2.41. The van der Waals surface area contributed by atoms with Crippen LogP contribution in [0.15, 0.2) is 29.2 Å². The lowest BCUT2D eigenvalue weighted by Crippen LogP contribution is -2.53. The number of aryl methyl sites for hydroxylation is 1. The number of hydrogen-bond acceptors (Lipinski definition) is 4. The van der Waals surface area contributed by atoms with Gasteiger partial charge in [-0.3, -0.25) is 0 Å². The predicted octanol–water partition coefficient (Wildman–Crippen LogP) is 1.14. The number of rotatable bonds is 3. The van der Waals surface area contributed by atoms with E-state index >= 15 is 0 Å². The van der Waals surface area contributed by atoms with Crippen LogP contribution >= 0.6 is 0 Å². The van der Waals surface area contributed by atoms with Crippen LogP contribution in [0.5, 0.6) is 0 Å². The molecule has 2 N–H and O–H groups in total. The second-order valence-corrected chi connectivity index (χ2v) is 8.23. The lowest BCUT2D eigenvalue weighted by Gasteiger charge is -2.41. The third-order valence-electron chi connectivity index (χ3n) is 4.11. The fourth-order valence-corrected chi connectivity index (χ4v) is 4.16. The maximum absolute atomic E-state index is 12.6. The average Bonchev–Trinajstić information content (AvgIpc) is 2.38. The molecule has 6 heteroatoms. The summed E-state index contributed by atoms with van der Waals surface area (Å²) in [6.45, 7) is 5.49. The zero-order valence-corrected chi connectivity index (χ0v) is 13.5. The Morgan fingerprint density at radius 2 is 1.81 bits per heavy atom. The van der Waals surface area contributed by atoms with Gasteiger partial charge >= 0.3 is 0 Å². The molecule has 0 aliphatic carbocycles. The summed E-state index contributed by atoms with van der Waals surface area (Å²) in [5.41, 5.74) is -0.127. The monoisotopic (exact) mass is 313 g/mol. The molecule has 21 heavy (non-hydrogen) atoms. The van der Waals surface area contributed by atoms with Crippen molar-refractivity contribution >= 4 is 10.0 Å². The number of aliphatic hydroxyl groups excluding tert-OH is 1. The number of sulfonamides is 1. The molecule has 2 rings (SSSR count). The molecule has 0 unspecified atom stereocenters. The third kappa shape index (κ3) is 3.45. The van der Waals surface area contributed by atoms with Crippen molar-refractivity contribution in [1.29, 1.82) is 0 Å². The first-order valence-corrected chi connectivity index (χ1v) is 8.53. The minimum absolute atomic E-state index is 0.126. The van der Waals surface area contributed by atoms with E-state index < -0.39 is 27.6 Å². The van der Waals surface area contributed by atoms with Gasteiger partial charge in [-0.25, -0.2) is 8.42 Å². The number of aliphatic hydroxyl groups is 2. The van der Waals surface area contributed by atoms with E-state index in [-0.39, 0.29) is 18.0 Å². The quantitative estimate of drug-likeness (QED) is 0.877.